The van der Waals surface area contributed by atoms with E-state index < -0.39 is 43.2 Å². The monoisotopic (exact) mass is 314 g/mol. The van der Waals surface area contributed by atoms with Crippen molar-refractivity contribution in [2.75, 3.05) is 6.61 Å². The van der Waals surface area contributed by atoms with Crippen molar-refractivity contribution >= 4 is 5.91 Å². The van der Waals surface area contributed by atoms with Gasteiger partial charge in [-0.15, -0.1) is 0 Å². The zero-order valence-corrected chi connectivity index (χ0v) is 11.5. The van der Waals surface area contributed by atoms with Gasteiger partial charge in [-0.2, -0.15) is 0 Å². The Hall–Kier alpha value is -1.75. The molecule has 9 heteroatoms. The van der Waals surface area contributed by atoms with Crippen molar-refractivity contribution in [3.05, 3.63) is 29.8 Å². The molecule has 22 heavy (non-hydrogen) atoms. The van der Waals surface area contributed by atoms with E-state index in [4.69, 9.17) is 9.84 Å². The Kier molecular flexibility index (Phi) is 5.29. The van der Waals surface area contributed by atoms with Crippen LogP contribution >= 0.6 is 0 Å². The number of nitrogens with one attached hydrogen (secondary N) is 2. The molecule has 0 saturated carbocycles. The van der Waals surface area contributed by atoms with Gasteiger partial charge in [0, 0.05) is 0 Å². The van der Waals surface area contributed by atoms with Crippen molar-refractivity contribution in [3.8, 4) is 5.75 Å². The maximum Gasteiger partial charge on any atom is 0.269 e. The van der Waals surface area contributed by atoms with Crippen molar-refractivity contribution in [2.24, 2.45) is 0 Å². The molecule has 1 amide bonds. The molecule has 0 unspecified atom stereocenters. The molecule has 9 nitrogen and oxygen atoms in total. The van der Waals surface area contributed by atoms with Crippen LogP contribution in [0.1, 0.15) is 10.4 Å². The molecule has 7 N–H and O–H groups in total. The topological polar surface area (TPSA) is 152 Å². The Balaban J connectivity index is 1.98. The molecule has 1 saturated heterocycles. The predicted molar refractivity (Wildman–Crippen MR) is 72.5 cm³/mol. The SMILES string of the molecule is O=C(NN[C@@H]1O[C@H](CO)[C@H](O)[C@H](O)[C@H]1O)c1ccccc1O. The number of carbonyl (C=O) groups is 1. The number of hydrazine groups is 1. The third kappa shape index (κ3) is 3.35. The number of aliphatic hydroxyl groups excluding tert-OH is 4. The Morgan fingerprint density at radius 3 is 2.45 bits per heavy atom. The molecule has 0 aliphatic carbocycles. The number of aliphatic hydroxyl groups is 4. The zero-order chi connectivity index (χ0) is 16.3. The number of para-hydroxylation sites is 1. The minimum Gasteiger partial charge on any atom is -0.507 e. The number of hydrogen-bond donors (Lipinski definition) is 7. The molecule has 0 bridgehead atoms. The number of phenols is 1. The molecule has 122 valence electrons. The number of carbonyl (C=O) groups excluding carboxylic acids is 1. The van der Waals surface area contributed by atoms with Crippen LogP contribution in [0, 0.1) is 0 Å². The van der Waals surface area contributed by atoms with E-state index in [0.717, 1.165) is 0 Å². The lowest BCUT2D eigenvalue weighted by Crippen LogP contribution is -2.64. The molecule has 1 aliphatic heterocycles. The summed E-state index contributed by atoms with van der Waals surface area (Å²) in [6.45, 7) is -0.573. The summed E-state index contributed by atoms with van der Waals surface area (Å²) in [7, 11) is 0. The first-order valence-corrected chi connectivity index (χ1v) is 6.60. The zero-order valence-electron chi connectivity index (χ0n) is 11.5. The molecule has 1 aliphatic rings. The van der Waals surface area contributed by atoms with Crippen molar-refractivity contribution in [2.45, 2.75) is 30.6 Å². The van der Waals surface area contributed by atoms with Crippen molar-refractivity contribution in [1.29, 1.82) is 0 Å². The van der Waals surface area contributed by atoms with Gasteiger partial charge in [-0.3, -0.25) is 10.2 Å². The van der Waals surface area contributed by atoms with Gasteiger partial charge in [0.15, 0.2) is 6.23 Å². The summed E-state index contributed by atoms with van der Waals surface area (Å²) < 4.78 is 5.15. The first kappa shape index (κ1) is 16.6. The van der Waals surface area contributed by atoms with Gasteiger partial charge in [-0.05, 0) is 12.1 Å². The van der Waals surface area contributed by atoms with Gasteiger partial charge < -0.3 is 30.3 Å². The quantitative estimate of drug-likeness (QED) is 0.299. The van der Waals surface area contributed by atoms with Crippen LogP contribution < -0.4 is 10.9 Å². The van der Waals surface area contributed by atoms with Crippen molar-refractivity contribution in [3.63, 3.8) is 0 Å². The number of ether oxygens (including phenoxy) is 1. The van der Waals surface area contributed by atoms with Gasteiger partial charge in [0.1, 0.15) is 30.2 Å². The number of rotatable bonds is 4. The van der Waals surface area contributed by atoms with Crippen LogP contribution in [0.2, 0.25) is 0 Å². The van der Waals surface area contributed by atoms with E-state index in [1.54, 1.807) is 12.1 Å². The van der Waals surface area contributed by atoms with Gasteiger partial charge >= 0.3 is 0 Å². The van der Waals surface area contributed by atoms with E-state index in [0.29, 0.717) is 0 Å². The molecule has 0 aromatic heterocycles. The minimum absolute atomic E-state index is 0.000379. The second-order valence-corrected chi connectivity index (χ2v) is 4.87. The van der Waals surface area contributed by atoms with Gasteiger partial charge in [-0.25, -0.2) is 5.43 Å². The van der Waals surface area contributed by atoms with E-state index in [1.165, 1.54) is 12.1 Å². The fourth-order valence-electron chi connectivity index (χ4n) is 2.09. The number of benzene rings is 1. The Bertz CT molecular complexity index is 525. The molecule has 1 aromatic rings. The van der Waals surface area contributed by atoms with Crippen LogP contribution in [-0.4, -0.2) is 68.7 Å². The van der Waals surface area contributed by atoms with Crippen LogP contribution in [-0.2, 0) is 4.74 Å². The molecular weight excluding hydrogens is 296 g/mol. The summed E-state index contributed by atoms with van der Waals surface area (Å²) in [6, 6.07) is 5.84. The molecule has 5 atom stereocenters. The van der Waals surface area contributed by atoms with Crippen molar-refractivity contribution in [1.82, 2.24) is 10.9 Å². The molecule has 2 rings (SSSR count). The Morgan fingerprint density at radius 2 is 1.82 bits per heavy atom. The summed E-state index contributed by atoms with van der Waals surface area (Å²) in [5, 5.41) is 47.6. The normalized spacial score (nSPS) is 31.7. The summed E-state index contributed by atoms with van der Waals surface area (Å²) in [4.78, 5) is 11.9. The fourth-order valence-corrected chi connectivity index (χ4v) is 2.09. The Morgan fingerprint density at radius 1 is 1.14 bits per heavy atom. The van der Waals surface area contributed by atoms with E-state index in [1.807, 2.05) is 0 Å². The smallest absolute Gasteiger partial charge is 0.269 e. The summed E-state index contributed by atoms with van der Waals surface area (Å²) >= 11 is 0. The lowest BCUT2D eigenvalue weighted by atomic mass is 9.99. The van der Waals surface area contributed by atoms with Crippen LogP contribution in [0.25, 0.3) is 0 Å². The minimum atomic E-state index is -1.55. The average molecular weight is 314 g/mol. The second kappa shape index (κ2) is 7.01. The average Bonchev–Trinajstić information content (AvgIpc) is 2.52. The van der Waals surface area contributed by atoms with E-state index in [9.17, 15) is 25.2 Å². The molecule has 0 spiro atoms. The number of phenolic OH excluding ortho intramolecular Hbond substituents is 1. The highest BCUT2D eigenvalue weighted by Crippen LogP contribution is 2.19. The Labute approximate surface area is 125 Å². The van der Waals surface area contributed by atoms with Gasteiger partial charge in [0.2, 0.25) is 0 Å². The molecule has 0 radical (unpaired) electrons. The van der Waals surface area contributed by atoms with Gasteiger partial charge in [0.25, 0.3) is 5.91 Å². The predicted octanol–water partition coefficient (Wildman–Crippen LogP) is -2.57. The maximum atomic E-state index is 11.9. The van der Waals surface area contributed by atoms with E-state index in [-0.39, 0.29) is 11.3 Å². The van der Waals surface area contributed by atoms with Crippen molar-refractivity contribution < 1.29 is 35.1 Å². The van der Waals surface area contributed by atoms with Gasteiger partial charge in [0.05, 0.1) is 12.2 Å². The highest BCUT2D eigenvalue weighted by Gasteiger charge is 2.43. The van der Waals surface area contributed by atoms with E-state index >= 15 is 0 Å². The summed E-state index contributed by atoms with van der Waals surface area (Å²) in [6.07, 6.45) is -6.89. The largest absolute Gasteiger partial charge is 0.507 e. The molecule has 1 fully saturated rings. The molecule has 1 heterocycles. The highest BCUT2D eigenvalue weighted by atomic mass is 16.6. The maximum absolute atomic E-state index is 11.9. The molecule has 1 aromatic carbocycles. The third-order valence-electron chi connectivity index (χ3n) is 3.37. The number of aromatic hydroxyl groups is 1. The standard InChI is InChI=1S/C13H18N2O7/c16-5-8-9(18)10(19)11(20)13(22-8)15-14-12(21)6-3-1-2-4-7(6)17/h1-4,8-11,13,15-20H,5H2,(H,14,21)/t8-,9+,10+,11-,13-/m1/s1. The van der Waals surface area contributed by atoms with Crippen LogP contribution in [0.4, 0.5) is 0 Å². The molecular formula is C13H18N2O7. The number of hydrogen-bond acceptors (Lipinski definition) is 8. The second-order valence-electron chi connectivity index (χ2n) is 4.87. The fraction of sp³-hybridized carbons (Fsp3) is 0.462. The van der Waals surface area contributed by atoms with E-state index in [2.05, 4.69) is 10.9 Å². The van der Waals surface area contributed by atoms with Gasteiger partial charge in [-0.1, -0.05) is 12.1 Å². The number of amides is 1. The van der Waals surface area contributed by atoms with Crippen LogP contribution in [0.5, 0.6) is 5.75 Å². The van der Waals surface area contributed by atoms with Crippen LogP contribution in [0.3, 0.4) is 0 Å². The first-order valence-electron chi connectivity index (χ1n) is 6.60. The van der Waals surface area contributed by atoms with Crippen LogP contribution in [0.15, 0.2) is 24.3 Å². The lowest BCUT2D eigenvalue weighted by Gasteiger charge is -2.40. The summed E-state index contributed by atoms with van der Waals surface area (Å²) in [5.74, 6) is -0.911. The summed E-state index contributed by atoms with van der Waals surface area (Å²) in [5.41, 5.74) is 4.56. The first-order chi connectivity index (χ1) is 10.5. The highest BCUT2D eigenvalue weighted by molar-refractivity contribution is 5.96. The third-order valence-corrected chi connectivity index (χ3v) is 3.37. The lowest BCUT2D eigenvalue weighted by molar-refractivity contribution is -0.238.